The van der Waals surface area contributed by atoms with Gasteiger partial charge in [-0.05, 0) is 38.8 Å². The summed E-state index contributed by atoms with van der Waals surface area (Å²) in [6.45, 7) is 8.70. The summed E-state index contributed by atoms with van der Waals surface area (Å²) in [6, 6.07) is 0.0164. The van der Waals surface area contributed by atoms with Gasteiger partial charge in [0, 0.05) is 19.1 Å². The second-order valence-electron chi connectivity index (χ2n) is 4.58. The summed E-state index contributed by atoms with van der Waals surface area (Å²) < 4.78 is 28.4. The molecule has 102 valence electrons. The van der Waals surface area contributed by atoms with Gasteiger partial charge in [-0.25, -0.2) is 0 Å². The molecular weight excluding hydrogens is 238 g/mol. The lowest BCUT2D eigenvalue weighted by Gasteiger charge is -2.30. The van der Waals surface area contributed by atoms with Crippen LogP contribution in [0.5, 0.6) is 0 Å². The number of hydrogen-bond donors (Lipinski definition) is 2. The van der Waals surface area contributed by atoms with Gasteiger partial charge >= 0.3 is 0 Å². The molecule has 0 spiro atoms. The van der Waals surface area contributed by atoms with Crippen molar-refractivity contribution < 1.29 is 8.42 Å². The Hall–Kier alpha value is -0.170. The Bertz CT molecular complexity index is 309. The highest BCUT2D eigenvalue weighted by Gasteiger charge is 2.26. The summed E-state index contributed by atoms with van der Waals surface area (Å²) in [6.07, 6.45) is 2.09. The van der Waals surface area contributed by atoms with Crippen LogP contribution in [-0.4, -0.2) is 44.9 Å². The molecule has 0 radical (unpaired) electrons. The summed E-state index contributed by atoms with van der Waals surface area (Å²) in [5.74, 6) is 0.446. The second-order valence-corrected chi connectivity index (χ2v) is 6.29. The summed E-state index contributed by atoms with van der Waals surface area (Å²) in [4.78, 5) is 0. The smallest absolute Gasteiger partial charge is 0.279 e. The first-order valence-corrected chi connectivity index (χ1v) is 7.93. The number of nitrogens with zero attached hydrogens (tertiary/aromatic N) is 1. The Morgan fingerprint density at radius 3 is 2.29 bits per heavy atom. The van der Waals surface area contributed by atoms with E-state index in [0.717, 1.165) is 25.9 Å². The van der Waals surface area contributed by atoms with Crippen LogP contribution >= 0.6 is 0 Å². The fourth-order valence-electron chi connectivity index (χ4n) is 2.31. The zero-order chi connectivity index (χ0) is 12.9. The number of nitrogens with one attached hydrogen (secondary N) is 2. The first kappa shape index (κ1) is 14.9. The minimum Gasteiger partial charge on any atom is -0.317 e. The molecule has 6 heteroatoms. The van der Waals surface area contributed by atoms with Crippen LogP contribution in [0, 0.1) is 5.92 Å². The minimum atomic E-state index is -3.31. The summed E-state index contributed by atoms with van der Waals surface area (Å²) in [5, 5.41) is 3.29. The van der Waals surface area contributed by atoms with Gasteiger partial charge in [0.2, 0.25) is 0 Å². The van der Waals surface area contributed by atoms with Crippen molar-refractivity contribution in [3.63, 3.8) is 0 Å². The first-order chi connectivity index (χ1) is 8.01. The molecular formula is C11H25N3O2S. The van der Waals surface area contributed by atoms with E-state index in [-0.39, 0.29) is 6.04 Å². The third kappa shape index (κ3) is 4.21. The van der Waals surface area contributed by atoms with Gasteiger partial charge in [0.05, 0.1) is 0 Å². The van der Waals surface area contributed by atoms with Crippen molar-refractivity contribution in [2.75, 3.05) is 26.2 Å². The zero-order valence-corrected chi connectivity index (χ0v) is 11.9. The van der Waals surface area contributed by atoms with Crippen molar-refractivity contribution in [3.05, 3.63) is 0 Å². The fourth-order valence-corrected chi connectivity index (χ4v) is 3.80. The van der Waals surface area contributed by atoms with Crippen LogP contribution in [-0.2, 0) is 10.2 Å². The van der Waals surface area contributed by atoms with E-state index >= 15 is 0 Å². The van der Waals surface area contributed by atoms with Gasteiger partial charge in [-0.3, -0.25) is 0 Å². The van der Waals surface area contributed by atoms with Gasteiger partial charge in [-0.15, -0.1) is 0 Å². The maximum Gasteiger partial charge on any atom is 0.279 e. The highest BCUT2D eigenvalue weighted by molar-refractivity contribution is 7.87. The average Bonchev–Trinajstić information content (AvgIpc) is 2.30. The third-order valence-corrected chi connectivity index (χ3v) is 5.34. The van der Waals surface area contributed by atoms with Crippen molar-refractivity contribution in [2.24, 2.45) is 5.92 Å². The molecule has 1 fully saturated rings. The van der Waals surface area contributed by atoms with Crippen LogP contribution in [0.15, 0.2) is 0 Å². The van der Waals surface area contributed by atoms with Crippen LogP contribution in [0.25, 0.3) is 0 Å². The molecule has 0 bridgehead atoms. The van der Waals surface area contributed by atoms with Gasteiger partial charge in [0.25, 0.3) is 10.2 Å². The van der Waals surface area contributed by atoms with E-state index in [1.165, 1.54) is 4.31 Å². The first-order valence-electron chi connectivity index (χ1n) is 6.49. The van der Waals surface area contributed by atoms with E-state index in [9.17, 15) is 8.42 Å². The molecule has 1 rings (SSSR count). The Morgan fingerprint density at radius 1 is 1.29 bits per heavy atom. The lowest BCUT2D eigenvalue weighted by atomic mass is 9.92. The third-order valence-electron chi connectivity index (χ3n) is 3.47. The number of piperidine rings is 1. The molecule has 1 unspecified atom stereocenters. The molecule has 2 N–H and O–H groups in total. The molecule has 1 aliphatic rings. The average molecular weight is 263 g/mol. The molecule has 0 aliphatic carbocycles. The molecule has 0 saturated carbocycles. The standard InChI is InChI=1S/C11H25N3O2S/c1-4-14(5-2)17(15,16)13-10(3)11-6-8-12-9-7-11/h10-13H,4-9H2,1-3H3. The largest absolute Gasteiger partial charge is 0.317 e. The summed E-state index contributed by atoms with van der Waals surface area (Å²) >= 11 is 0. The molecule has 1 aliphatic heterocycles. The second kappa shape index (κ2) is 6.68. The molecule has 0 aromatic heterocycles. The highest BCUT2D eigenvalue weighted by atomic mass is 32.2. The Balaban J connectivity index is 2.56. The molecule has 1 saturated heterocycles. The minimum absolute atomic E-state index is 0.0164. The van der Waals surface area contributed by atoms with Crippen molar-refractivity contribution in [1.82, 2.24) is 14.3 Å². The molecule has 0 aromatic carbocycles. The maximum atomic E-state index is 12.0. The van der Waals surface area contributed by atoms with Crippen molar-refractivity contribution in [1.29, 1.82) is 0 Å². The van der Waals surface area contributed by atoms with Crippen molar-refractivity contribution in [3.8, 4) is 0 Å². The molecule has 1 atom stereocenters. The number of rotatable bonds is 6. The van der Waals surface area contributed by atoms with E-state index < -0.39 is 10.2 Å². The van der Waals surface area contributed by atoms with Gasteiger partial charge in [-0.2, -0.15) is 17.4 Å². The van der Waals surface area contributed by atoms with E-state index in [0.29, 0.717) is 19.0 Å². The van der Waals surface area contributed by atoms with Crippen LogP contribution in [0.3, 0.4) is 0 Å². The van der Waals surface area contributed by atoms with Gasteiger partial charge in [0.15, 0.2) is 0 Å². The SMILES string of the molecule is CCN(CC)S(=O)(=O)NC(C)C1CCNCC1. The van der Waals surface area contributed by atoms with Crippen LogP contribution < -0.4 is 10.0 Å². The quantitative estimate of drug-likeness (QED) is 0.736. The van der Waals surface area contributed by atoms with E-state index in [1.54, 1.807) is 0 Å². The highest BCUT2D eigenvalue weighted by Crippen LogP contribution is 2.17. The van der Waals surface area contributed by atoms with Gasteiger partial charge < -0.3 is 5.32 Å². The summed E-state index contributed by atoms with van der Waals surface area (Å²) in [5.41, 5.74) is 0. The van der Waals surface area contributed by atoms with E-state index in [1.807, 2.05) is 20.8 Å². The molecule has 5 nitrogen and oxygen atoms in total. The Labute approximate surface area is 105 Å². The fraction of sp³-hybridized carbons (Fsp3) is 1.00. The van der Waals surface area contributed by atoms with E-state index in [4.69, 9.17) is 0 Å². The van der Waals surface area contributed by atoms with Crippen LogP contribution in [0.2, 0.25) is 0 Å². The maximum absolute atomic E-state index is 12.0. The van der Waals surface area contributed by atoms with Gasteiger partial charge in [-0.1, -0.05) is 13.8 Å². The van der Waals surface area contributed by atoms with Crippen LogP contribution in [0.4, 0.5) is 0 Å². The van der Waals surface area contributed by atoms with E-state index in [2.05, 4.69) is 10.0 Å². The Kier molecular flexibility index (Phi) is 5.85. The molecule has 0 amide bonds. The predicted octanol–water partition coefficient (Wildman–Crippen LogP) is 0.551. The lowest BCUT2D eigenvalue weighted by Crippen LogP contribution is -2.48. The topological polar surface area (TPSA) is 61.4 Å². The van der Waals surface area contributed by atoms with Crippen molar-refractivity contribution >= 4 is 10.2 Å². The summed E-state index contributed by atoms with van der Waals surface area (Å²) in [7, 11) is -3.31. The van der Waals surface area contributed by atoms with Crippen LogP contribution in [0.1, 0.15) is 33.6 Å². The normalized spacial score (nSPS) is 20.7. The lowest BCUT2D eigenvalue weighted by molar-refractivity contribution is 0.310. The number of hydrogen-bond acceptors (Lipinski definition) is 3. The predicted molar refractivity (Wildman–Crippen MR) is 70.0 cm³/mol. The molecule has 1 heterocycles. The molecule has 0 aromatic rings. The zero-order valence-electron chi connectivity index (χ0n) is 11.1. The van der Waals surface area contributed by atoms with Gasteiger partial charge in [0.1, 0.15) is 0 Å². The van der Waals surface area contributed by atoms with Crippen molar-refractivity contribution in [2.45, 2.75) is 39.7 Å². The Morgan fingerprint density at radius 2 is 1.82 bits per heavy atom. The monoisotopic (exact) mass is 263 g/mol. The molecule has 17 heavy (non-hydrogen) atoms.